The Kier molecular flexibility index (Phi) is 3.84. The average Bonchev–Trinajstić information content (AvgIpc) is 2.87. The van der Waals surface area contributed by atoms with Crippen molar-refractivity contribution in [1.82, 2.24) is 15.8 Å². The highest BCUT2D eigenvalue weighted by molar-refractivity contribution is 5.79. The summed E-state index contributed by atoms with van der Waals surface area (Å²) in [4.78, 5) is 6.98. The Labute approximate surface area is 137 Å². The fourth-order valence-electron chi connectivity index (χ4n) is 2.41. The summed E-state index contributed by atoms with van der Waals surface area (Å²) in [6.45, 7) is 0. The summed E-state index contributed by atoms with van der Waals surface area (Å²) in [5, 5.41) is 0. The van der Waals surface area contributed by atoms with Gasteiger partial charge in [-0.05, 0) is 24.3 Å². The van der Waals surface area contributed by atoms with Crippen LogP contribution in [0.2, 0.25) is 0 Å². The van der Waals surface area contributed by atoms with Gasteiger partial charge in [0, 0.05) is 22.9 Å². The molecule has 1 atom stereocenters. The van der Waals surface area contributed by atoms with Crippen LogP contribution < -0.4 is 22.3 Å². The van der Waals surface area contributed by atoms with Crippen molar-refractivity contribution in [2.24, 2.45) is 16.5 Å². The van der Waals surface area contributed by atoms with Crippen LogP contribution in [0.25, 0.3) is 11.1 Å². The van der Waals surface area contributed by atoms with E-state index >= 15 is 0 Å². The quantitative estimate of drug-likeness (QED) is 0.482. The van der Waals surface area contributed by atoms with Crippen LogP contribution in [0.1, 0.15) is 11.1 Å². The van der Waals surface area contributed by atoms with Crippen molar-refractivity contribution in [2.75, 3.05) is 0 Å². The van der Waals surface area contributed by atoms with Crippen molar-refractivity contribution in [3.8, 4) is 11.1 Å². The lowest BCUT2D eigenvalue weighted by molar-refractivity contribution is -0.137. The first kappa shape index (κ1) is 17.0. The van der Waals surface area contributed by atoms with Crippen molar-refractivity contribution in [3.05, 3.63) is 53.4 Å². The molecule has 1 aliphatic heterocycles. The maximum absolute atomic E-state index is 14.5. The third-order valence-corrected chi connectivity index (χ3v) is 3.53. The van der Waals surface area contributed by atoms with Gasteiger partial charge in [0.1, 0.15) is 5.82 Å². The van der Waals surface area contributed by atoms with Gasteiger partial charge in [-0.3, -0.25) is 11.2 Å². The van der Waals surface area contributed by atoms with E-state index in [1.807, 2.05) is 0 Å². The Morgan fingerprint density at radius 1 is 1.12 bits per heavy atom. The number of aliphatic imine (C=N–C) groups is 1. The van der Waals surface area contributed by atoms with Crippen LogP contribution in [0.3, 0.4) is 0 Å². The molecule has 6 nitrogen and oxygen atoms in total. The van der Waals surface area contributed by atoms with E-state index in [1.165, 1.54) is 0 Å². The molecule has 2 heterocycles. The fourth-order valence-corrected chi connectivity index (χ4v) is 2.41. The zero-order valence-corrected chi connectivity index (χ0v) is 12.3. The molecular weight excluding hydrogens is 347 g/mol. The number of halogens is 5. The van der Waals surface area contributed by atoms with Crippen LogP contribution in [0.5, 0.6) is 0 Å². The highest BCUT2D eigenvalue weighted by atomic mass is 19.4. The zero-order valence-electron chi connectivity index (χ0n) is 12.3. The van der Waals surface area contributed by atoms with Crippen LogP contribution in [-0.2, 0) is 12.0 Å². The summed E-state index contributed by atoms with van der Waals surface area (Å²) in [6, 6.07) is 3.28. The van der Waals surface area contributed by atoms with Gasteiger partial charge in [-0.25, -0.2) is 14.4 Å². The number of guanidine groups is 1. The van der Waals surface area contributed by atoms with Crippen LogP contribution >= 0.6 is 0 Å². The Morgan fingerprint density at radius 3 is 2.36 bits per heavy atom. The number of pyridine rings is 1. The molecule has 0 radical (unpaired) electrons. The predicted molar refractivity (Wildman–Crippen MR) is 78.4 cm³/mol. The molecule has 11 heteroatoms. The van der Waals surface area contributed by atoms with Gasteiger partial charge < -0.3 is 5.73 Å². The maximum Gasteiger partial charge on any atom is 0.417 e. The zero-order chi connectivity index (χ0) is 18.4. The summed E-state index contributed by atoms with van der Waals surface area (Å²) in [5.74, 6) is -4.15. The highest BCUT2D eigenvalue weighted by Gasteiger charge is 2.39. The molecule has 0 saturated carbocycles. The largest absolute Gasteiger partial charge is 0.417 e. The first-order valence-corrected chi connectivity index (χ1v) is 6.81. The number of nitrogens with zero attached hydrogens (tertiary/aromatic N) is 2. The Bertz CT molecular complexity index is 848. The van der Waals surface area contributed by atoms with Gasteiger partial charge in [0.25, 0.3) is 0 Å². The molecule has 1 unspecified atom stereocenters. The monoisotopic (exact) mass is 358 g/mol. The van der Waals surface area contributed by atoms with Gasteiger partial charge in [-0.2, -0.15) is 23.0 Å². The van der Waals surface area contributed by atoms with E-state index in [-0.39, 0.29) is 17.1 Å². The van der Waals surface area contributed by atoms with Gasteiger partial charge in [0.15, 0.2) is 0 Å². The topological polar surface area (TPSA) is 101 Å². The summed E-state index contributed by atoms with van der Waals surface area (Å²) in [7, 11) is 0. The number of hydrogen-bond donors (Lipinski definition) is 4. The minimum atomic E-state index is -4.90. The molecule has 25 heavy (non-hydrogen) atoms. The Balaban J connectivity index is 2.22. The molecular formula is C14H11F5N6. The molecule has 6 N–H and O–H groups in total. The van der Waals surface area contributed by atoms with Gasteiger partial charge >= 0.3 is 6.18 Å². The third kappa shape index (κ3) is 3.10. The van der Waals surface area contributed by atoms with Crippen molar-refractivity contribution in [3.63, 3.8) is 0 Å². The molecule has 1 aromatic carbocycles. The second kappa shape index (κ2) is 5.63. The minimum absolute atomic E-state index is 0.164. The number of hydrogen-bond acceptors (Lipinski definition) is 6. The molecule has 0 amide bonds. The SMILES string of the molecule is NC1=NC(N)(c2cc(F)c(-c3ccc(F)nc3)c(C(F)(F)F)c2)NN1. The van der Waals surface area contributed by atoms with E-state index in [1.54, 1.807) is 0 Å². The second-order valence-electron chi connectivity index (χ2n) is 5.26. The van der Waals surface area contributed by atoms with E-state index in [0.717, 1.165) is 24.4 Å². The standard InChI is InChI=1S/C14H11F5N6/c15-9-4-7(14(21)23-12(20)24-25-14)3-8(13(17,18)19)11(9)6-1-2-10(16)22-5-6/h1-5,25H,21H2,(H3,20,23,24). The summed E-state index contributed by atoms with van der Waals surface area (Å²) in [5.41, 5.74) is 13.3. The normalized spacial score (nSPS) is 20.3. The maximum atomic E-state index is 14.5. The lowest BCUT2D eigenvalue weighted by atomic mass is 9.95. The highest BCUT2D eigenvalue weighted by Crippen LogP contribution is 2.40. The Hall–Kier alpha value is -2.79. The van der Waals surface area contributed by atoms with Crippen molar-refractivity contribution >= 4 is 5.96 Å². The van der Waals surface area contributed by atoms with Crippen molar-refractivity contribution in [2.45, 2.75) is 12.0 Å². The number of nitrogens with one attached hydrogen (secondary N) is 2. The first-order chi connectivity index (χ1) is 11.6. The average molecular weight is 358 g/mol. The van der Waals surface area contributed by atoms with Gasteiger partial charge in [0.2, 0.25) is 17.7 Å². The molecule has 132 valence electrons. The molecule has 0 saturated heterocycles. The number of nitrogens with two attached hydrogens (primary N) is 2. The molecule has 3 rings (SSSR count). The van der Waals surface area contributed by atoms with E-state index in [2.05, 4.69) is 20.8 Å². The van der Waals surface area contributed by atoms with Gasteiger partial charge in [0.05, 0.1) is 5.56 Å². The van der Waals surface area contributed by atoms with Crippen LogP contribution in [0.15, 0.2) is 35.5 Å². The predicted octanol–water partition coefficient (Wildman–Crippen LogP) is 1.54. The third-order valence-electron chi connectivity index (χ3n) is 3.53. The van der Waals surface area contributed by atoms with Crippen LogP contribution in [-0.4, -0.2) is 10.9 Å². The number of alkyl halides is 3. The van der Waals surface area contributed by atoms with E-state index in [4.69, 9.17) is 11.5 Å². The molecule has 1 aromatic heterocycles. The molecule has 0 fully saturated rings. The number of hydrazine groups is 1. The van der Waals surface area contributed by atoms with Crippen molar-refractivity contribution in [1.29, 1.82) is 0 Å². The van der Waals surface area contributed by atoms with Crippen LogP contribution in [0.4, 0.5) is 22.0 Å². The molecule has 0 bridgehead atoms. The number of aromatic nitrogens is 1. The van der Waals surface area contributed by atoms with E-state index in [9.17, 15) is 22.0 Å². The molecule has 0 aliphatic carbocycles. The number of benzene rings is 1. The smallest absolute Gasteiger partial charge is 0.369 e. The molecule has 2 aromatic rings. The molecule has 0 spiro atoms. The Morgan fingerprint density at radius 2 is 1.84 bits per heavy atom. The fraction of sp³-hybridized carbons (Fsp3) is 0.143. The first-order valence-electron chi connectivity index (χ1n) is 6.81. The van der Waals surface area contributed by atoms with Gasteiger partial charge in [-0.1, -0.05) is 0 Å². The second-order valence-corrected chi connectivity index (χ2v) is 5.26. The van der Waals surface area contributed by atoms with Crippen molar-refractivity contribution < 1.29 is 22.0 Å². The summed E-state index contributed by atoms with van der Waals surface area (Å²) in [6.07, 6.45) is -4.09. The van der Waals surface area contributed by atoms with Gasteiger partial charge in [-0.15, -0.1) is 0 Å². The van der Waals surface area contributed by atoms with Crippen LogP contribution in [0, 0.1) is 11.8 Å². The summed E-state index contributed by atoms with van der Waals surface area (Å²) < 4.78 is 67.8. The lowest BCUT2D eigenvalue weighted by Gasteiger charge is -2.23. The van der Waals surface area contributed by atoms with E-state index < -0.39 is 34.9 Å². The lowest BCUT2D eigenvalue weighted by Crippen LogP contribution is -2.50. The van der Waals surface area contributed by atoms with E-state index in [0.29, 0.717) is 6.07 Å². The summed E-state index contributed by atoms with van der Waals surface area (Å²) >= 11 is 0. The molecule has 1 aliphatic rings. The number of rotatable bonds is 2. The minimum Gasteiger partial charge on any atom is -0.369 e.